The Morgan fingerprint density at radius 3 is 2.48 bits per heavy atom. The van der Waals surface area contributed by atoms with E-state index in [1.54, 1.807) is 56.0 Å². The standard InChI is InChI=1S/C31H28F3N7O/c1-19(2)41(30-36-11-9-27(39-30)23-6-5-10-35-16-23)28-12-22(8-7-20(28)3)29(42)38-25-13-24(31(32,33)34)14-26(15-25)40-17-21(4)37-18-40/h5-19H,1-4H3,(H,38,42). The van der Waals surface area contributed by atoms with Crippen LogP contribution in [0.2, 0.25) is 0 Å². The SMILES string of the molecule is Cc1cn(-c2cc(NC(=O)c3ccc(C)c(N(c4nccc(-c5cccnc5)n4)C(C)C)c3)cc(C(F)(F)F)c2)cn1. The molecule has 5 rings (SSSR count). The van der Waals surface area contributed by atoms with E-state index >= 15 is 0 Å². The predicted octanol–water partition coefficient (Wildman–Crippen LogP) is 7.16. The van der Waals surface area contributed by atoms with E-state index in [0.717, 1.165) is 23.3 Å². The second-order valence-corrected chi connectivity index (χ2v) is 10.1. The number of aryl methyl sites for hydroxylation is 2. The van der Waals surface area contributed by atoms with Crippen LogP contribution in [0.3, 0.4) is 0 Å². The zero-order valence-corrected chi connectivity index (χ0v) is 23.4. The van der Waals surface area contributed by atoms with E-state index in [2.05, 4.69) is 20.3 Å². The molecule has 3 aromatic heterocycles. The zero-order valence-electron chi connectivity index (χ0n) is 23.4. The number of nitrogens with zero attached hydrogens (tertiary/aromatic N) is 6. The number of alkyl halides is 3. The Hall–Kier alpha value is -5.06. The van der Waals surface area contributed by atoms with Crippen LogP contribution in [0.25, 0.3) is 16.9 Å². The van der Waals surface area contributed by atoms with Crippen molar-refractivity contribution in [2.75, 3.05) is 10.2 Å². The van der Waals surface area contributed by atoms with E-state index in [9.17, 15) is 18.0 Å². The van der Waals surface area contributed by atoms with Crippen molar-refractivity contribution < 1.29 is 18.0 Å². The lowest BCUT2D eigenvalue weighted by Gasteiger charge is -2.29. The smallest absolute Gasteiger partial charge is 0.322 e. The molecule has 1 N–H and O–H groups in total. The summed E-state index contributed by atoms with van der Waals surface area (Å²) in [4.78, 5) is 32.8. The summed E-state index contributed by atoms with van der Waals surface area (Å²) in [5.41, 5.74) is 3.35. The fourth-order valence-electron chi connectivity index (χ4n) is 4.53. The Morgan fingerprint density at radius 1 is 1.00 bits per heavy atom. The molecular formula is C31H28F3N7O. The average Bonchev–Trinajstić information content (AvgIpc) is 3.40. The number of carbonyl (C=O) groups excluding carboxylic acids is 1. The summed E-state index contributed by atoms with van der Waals surface area (Å²) < 4.78 is 42.7. The highest BCUT2D eigenvalue weighted by molar-refractivity contribution is 6.05. The fraction of sp³-hybridized carbons (Fsp3) is 0.194. The van der Waals surface area contributed by atoms with Crippen LogP contribution in [0.5, 0.6) is 0 Å². The van der Waals surface area contributed by atoms with Gasteiger partial charge in [-0.15, -0.1) is 0 Å². The summed E-state index contributed by atoms with van der Waals surface area (Å²) in [6.45, 7) is 7.61. The van der Waals surface area contributed by atoms with Crippen molar-refractivity contribution in [2.45, 2.75) is 39.9 Å². The summed E-state index contributed by atoms with van der Waals surface area (Å²) >= 11 is 0. The molecule has 8 nitrogen and oxygen atoms in total. The number of carbonyl (C=O) groups is 1. The molecule has 0 aliphatic rings. The molecule has 0 bridgehead atoms. The van der Waals surface area contributed by atoms with Gasteiger partial charge >= 0.3 is 6.18 Å². The molecule has 0 atom stereocenters. The normalized spacial score (nSPS) is 11.5. The van der Waals surface area contributed by atoms with Gasteiger partial charge in [-0.3, -0.25) is 9.78 Å². The largest absolute Gasteiger partial charge is 0.416 e. The van der Waals surface area contributed by atoms with Gasteiger partial charge in [0.05, 0.1) is 23.3 Å². The zero-order chi connectivity index (χ0) is 30.0. The first kappa shape index (κ1) is 28.5. The molecule has 5 aromatic rings. The third-order valence-electron chi connectivity index (χ3n) is 6.58. The maximum Gasteiger partial charge on any atom is 0.416 e. The third kappa shape index (κ3) is 6.14. The molecule has 0 saturated carbocycles. The number of hydrogen-bond donors (Lipinski definition) is 1. The summed E-state index contributed by atoms with van der Waals surface area (Å²) in [6, 6.07) is 14.0. The highest BCUT2D eigenvalue weighted by Gasteiger charge is 2.32. The van der Waals surface area contributed by atoms with Crippen molar-refractivity contribution in [1.29, 1.82) is 0 Å². The van der Waals surface area contributed by atoms with Gasteiger partial charge < -0.3 is 14.8 Å². The molecule has 0 saturated heterocycles. The maximum atomic E-state index is 13.7. The van der Waals surface area contributed by atoms with Crippen LogP contribution < -0.4 is 10.2 Å². The molecule has 1 amide bonds. The van der Waals surface area contributed by atoms with Crippen LogP contribution in [-0.4, -0.2) is 36.5 Å². The van der Waals surface area contributed by atoms with Crippen molar-refractivity contribution in [3.05, 3.63) is 108 Å². The Labute approximate surface area is 240 Å². The van der Waals surface area contributed by atoms with Crippen LogP contribution >= 0.6 is 0 Å². The predicted molar refractivity (Wildman–Crippen MR) is 155 cm³/mol. The monoisotopic (exact) mass is 571 g/mol. The van der Waals surface area contributed by atoms with E-state index < -0.39 is 17.6 Å². The minimum absolute atomic E-state index is 0.00604. The lowest BCUT2D eigenvalue weighted by Crippen LogP contribution is -2.28. The van der Waals surface area contributed by atoms with Crippen LogP contribution in [-0.2, 0) is 6.18 Å². The molecule has 3 heterocycles. The molecule has 11 heteroatoms. The summed E-state index contributed by atoms with van der Waals surface area (Å²) in [5.74, 6) is -0.123. The molecular weight excluding hydrogens is 543 g/mol. The third-order valence-corrected chi connectivity index (χ3v) is 6.58. The minimum atomic E-state index is -4.61. The van der Waals surface area contributed by atoms with Crippen LogP contribution in [0.1, 0.15) is 41.0 Å². The number of nitrogens with one attached hydrogen (secondary N) is 1. The van der Waals surface area contributed by atoms with Crippen LogP contribution in [0, 0.1) is 13.8 Å². The second kappa shape index (κ2) is 11.4. The van der Waals surface area contributed by atoms with Gasteiger partial charge in [-0.2, -0.15) is 13.2 Å². The van der Waals surface area contributed by atoms with Gasteiger partial charge in [0.2, 0.25) is 5.95 Å². The lowest BCUT2D eigenvalue weighted by molar-refractivity contribution is -0.137. The Kier molecular flexibility index (Phi) is 7.75. The number of amides is 1. The summed E-state index contributed by atoms with van der Waals surface area (Å²) in [5, 5.41) is 2.64. The molecule has 0 radical (unpaired) electrons. The molecule has 214 valence electrons. The highest BCUT2D eigenvalue weighted by Crippen LogP contribution is 2.34. The first-order valence-corrected chi connectivity index (χ1v) is 13.2. The van der Waals surface area contributed by atoms with E-state index in [4.69, 9.17) is 4.98 Å². The van der Waals surface area contributed by atoms with Gasteiger partial charge in [0.15, 0.2) is 0 Å². The molecule has 0 fully saturated rings. The van der Waals surface area contributed by atoms with Crippen molar-refractivity contribution in [1.82, 2.24) is 24.5 Å². The Balaban J connectivity index is 1.49. The second-order valence-electron chi connectivity index (χ2n) is 10.1. The van der Waals surface area contributed by atoms with Crippen molar-refractivity contribution in [3.63, 3.8) is 0 Å². The maximum absolute atomic E-state index is 13.7. The van der Waals surface area contributed by atoms with Gasteiger partial charge in [-0.05, 0) is 81.8 Å². The minimum Gasteiger partial charge on any atom is -0.322 e. The van der Waals surface area contributed by atoms with E-state index in [1.165, 1.54) is 17.0 Å². The number of halogens is 3. The van der Waals surface area contributed by atoms with Gasteiger partial charge in [0.25, 0.3) is 5.91 Å². The van der Waals surface area contributed by atoms with Crippen molar-refractivity contribution >= 4 is 23.2 Å². The number of rotatable bonds is 7. The van der Waals surface area contributed by atoms with E-state index in [-0.39, 0.29) is 23.0 Å². The van der Waals surface area contributed by atoms with Crippen molar-refractivity contribution in [2.24, 2.45) is 0 Å². The molecule has 0 aliphatic heterocycles. The van der Waals surface area contributed by atoms with Gasteiger partial charge in [-0.1, -0.05) is 6.07 Å². The molecule has 0 unspecified atom stereocenters. The molecule has 0 aliphatic carbocycles. The quantitative estimate of drug-likeness (QED) is 0.223. The van der Waals surface area contributed by atoms with Crippen LogP contribution in [0.15, 0.2) is 85.7 Å². The molecule has 0 spiro atoms. The fourth-order valence-corrected chi connectivity index (χ4v) is 4.53. The summed E-state index contributed by atoms with van der Waals surface area (Å²) in [7, 11) is 0. The number of benzene rings is 2. The Morgan fingerprint density at radius 2 is 1.81 bits per heavy atom. The topological polar surface area (TPSA) is 88.8 Å². The van der Waals surface area contributed by atoms with Crippen LogP contribution in [0.4, 0.5) is 30.5 Å². The van der Waals surface area contributed by atoms with E-state index in [1.807, 2.05) is 37.8 Å². The van der Waals surface area contributed by atoms with Gasteiger partial charge in [0, 0.05) is 59.0 Å². The number of imidazole rings is 1. The Bertz CT molecular complexity index is 1730. The number of anilines is 3. The number of hydrogen-bond acceptors (Lipinski definition) is 6. The van der Waals surface area contributed by atoms with Crippen molar-refractivity contribution in [3.8, 4) is 16.9 Å². The van der Waals surface area contributed by atoms with E-state index in [0.29, 0.717) is 23.0 Å². The first-order valence-electron chi connectivity index (χ1n) is 13.2. The highest BCUT2D eigenvalue weighted by atomic mass is 19.4. The summed E-state index contributed by atoms with van der Waals surface area (Å²) in [6.07, 6.45) is 3.50. The van der Waals surface area contributed by atoms with Gasteiger partial charge in [0.1, 0.15) is 0 Å². The number of aromatic nitrogens is 5. The first-order chi connectivity index (χ1) is 20.0. The average molecular weight is 572 g/mol. The molecule has 42 heavy (non-hydrogen) atoms. The lowest BCUT2D eigenvalue weighted by atomic mass is 10.1. The molecule has 2 aromatic carbocycles. The van der Waals surface area contributed by atoms with Gasteiger partial charge in [-0.25, -0.2) is 15.0 Å². The number of pyridine rings is 1.